The van der Waals surface area contributed by atoms with Crippen molar-refractivity contribution in [2.75, 3.05) is 24.2 Å². The first-order valence-corrected chi connectivity index (χ1v) is 11.0. The minimum atomic E-state index is 0.681. The smallest absolute Gasteiger partial charge is 0.212 e. The van der Waals surface area contributed by atoms with E-state index in [-0.39, 0.29) is 0 Å². The molecule has 2 aromatic carbocycles. The number of hydrogen-bond donors (Lipinski definition) is 0. The molecular weight excluding hydrogens is 380 g/mol. The molecule has 0 spiro atoms. The minimum Gasteiger partial charge on any atom is -0.372 e. The van der Waals surface area contributed by atoms with Crippen LogP contribution >= 0.6 is 11.8 Å². The average molecular weight is 405 g/mol. The average Bonchev–Trinajstić information content (AvgIpc) is 3.31. The lowest BCUT2D eigenvalue weighted by Gasteiger charge is -2.21. The van der Waals surface area contributed by atoms with Crippen LogP contribution in [0.1, 0.15) is 30.8 Å². The molecule has 1 aliphatic heterocycles. The van der Waals surface area contributed by atoms with Crippen LogP contribution in [-0.4, -0.2) is 45.6 Å². The van der Waals surface area contributed by atoms with E-state index in [1.165, 1.54) is 17.4 Å². The number of rotatable bonds is 6. The maximum Gasteiger partial charge on any atom is 0.212 e. The zero-order chi connectivity index (χ0) is 20.4. The molecule has 148 valence electrons. The molecular formula is C22H24N6S. The summed E-state index contributed by atoms with van der Waals surface area (Å²) < 4.78 is 1.78. The molecule has 0 saturated carbocycles. The summed E-state index contributed by atoms with van der Waals surface area (Å²) >= 11 is 1.52. The minimum absolute atomic E-state index is 0.681. The maximum atomic E-state index is 4.99. The van der Waals surface area contributed by atoms with Crippen LogP contribution in [0.2, 0.25) is 0 Å². The van der Waals surface area contributed by atoms with Gasteiger partial charge in [-0.2, -0.15) is 9.78 Å². The van der Waals surface area contributed by atoms with Gasteiger partial charge in [0.2, 0.25) is 11.0 Å². The number of benzene rings is 2. The van der Waals surface area contributed by atoms with Crippen LogP contribution in [0.25, 0.3) is 0 Å². The topological polar surface area (TPSA) is 58.7 Å². The van der Waals surface area contributed by atoms with Crippen molar-refractivity contribution in [3.05, 3.63) is 65.5 Å². The quantitative estimate of drug-likeness (QED) is 0.566. The lowest BCUT2D eigenvalue weighted by atomic mass is 10.1. The molecule has 1 aliphatic rings. The predicted molar refractivity (Wildman–Crippen MR) is 121 cm³/mol. The Bertz CT molecular complexity index is 1080. The fourth-order valence-electron chi connectivity index (χ4n) is 3.45. The van der Waals surface area contributed by atoms with Crippen molar-refractivity contribution < 1.29 is 0 Å². The molecule has 1 aromatic heterocycles. The highest BCUT2D eigenvalue weighted by Gasteiger charge is 2.29. The van der Waals surface area contributed by atoms with Crippen LogP contribution in [0, 0.1) is 6.92 Å². The molecule has 0 saturated heterocycles. The van der Waals surface area contributed by atoms with Crippen LogP contribution in [0.5, 0.6) is 0 Å². The summed E-state index contributed by atoms with van der Waals surface area (Å²) in [5.41, 5.74) is 5.84. The third-order valence-electron chi connectivity index (χ3n) is 5.02. The normalized spacial score (nSPS) is 14.2. The van der Waals surface area contributed by atoms with Gasteiger partial charge in [-0.1, -0.05) is 42.1 Å². The van der Waals surface area contributed by atoms with Crippen molar-refractivity contribution in [3.8, 4) is 0 Å². The van der Waals surface area contributed by atoms with Crippen LogP contribution in [0.4, 0.5) is 11.4 Å². The fraction of sp³-hybridized carbons (Fsp3) is 0.273. The van der Waals surface area contributed by atoms with Gasteiger partial charge in [0.25, 0.3) is 0 Å². The molecule has 0 N–H and O–H groups in total. The number of hydrogen-bond acceptors (Lipinski definition) is 6. The molecule has 0 bridgehead atoms. The Morgan fingerprint density at radius 1 is 1.03 bits per heavy atom. The van der Waals surface area contributed by atoms with E-state index >= 15 is 0 Å². The van der Waals surface area contributed by atoms with Gasteiger partial charge in [-0.05, 0) is 50.8 Å². The molecule has 6 nitrogen and oxygen atoms in total. The SMILES string of the molecule is CCN(CC)c1ccc(N=C2C(c3ccccc3)=Nn3c(SC)nnc32)c(C)c1. The van der Waals surface area contributed by atoms with E-state index in [9.17, 15) is 0 Å². The summed E-state index contributed by atoms with van der Waals surface area (Å²) in [6.07, 6.45) is 1.97. The van der Waals surface area contributed by atoms with Crippen LogP contribution in [-0.2, 0) is 0 Å². The van der Waals surface area contributed by atoms with Gasteiger partial charge in [0.15, 0.2) is 0 Å². The van der Waals surface area contributed by atoms with Gasteiger partial charge in [0.05, 0.1) is 5.69 Å². The summed E-state index contributed by atoms with van der Waals surface area (Å²) in [6.45, 7) is 8.40. The Balaban J connectivity index is 1.81. The molecule has 0 unspecified atom stereocenters. The lowest BCUT2D eigenvalue weighted by molar-refractivity contribution is 0.771. The number of fused-ring (bicyclic) bond motifs is 1. The largest absolute Gasteiger partial charge is 0.372 e. The maximum absolute atomic E-state index is 4.99. The summed E-state index contributed by atoms with van der Waals surface area (Å²) in [7, 11) is 0. The Kier molecular flexibility index (Phi) is 5.49. The van der Waals surface area contributed by atoms with E-state index in [4.69, 9.17) is 10.1 Å². The highest BCUT2D eigenvalue weighted by molar-refractivity contribution is 7.98. The first-order valence-electron chi connectivity index (χ1n) is 9.75. The number of anilines is 1. The second-order valence-corrected chi connectivity index (χ2v) is 7.51. The summed E-state index contributed by atoms with van der Waals surface area (Å²) in [5, 5.41) is 14.1. The van der Waals surface area contributed by atoms with E-state index in [1.54, 1.807) is 4.68 Å². The molecule has 0 radical (unpaired) electrons. The number of aromatic nitrogens is 3. The zero-order valence-corrected chi connectivity index (χ0v) is 17.9. The monoisotopic (exact) mass is 404 g/mol. The van der Waals surface area contributed by atoms with Crippen molar-refractivity contribution in [2.45, 2.75) is 25.9 Å². The van der Waals surface area contributed by atoms with Gasteiger partial charge < -0.3 is 4.90 Å². The van der Waals surface area contributed by atoms with Crippen LogP contribution < -0.4 is 4.90 Å². The Hall–Kier alpha value is -2.93. The molecule has 2 heterocycles. The molecule has 3 aromatic rings. The van der Waals surface area contributed by atoms with E-state index in [2.05, 4.69) is 54.1 Å². The van der Waals surface area contributed by atoms with E-state index < -0.39 is 0 Å². The molecule has 0 atom stereocenters. The van der Waals surface area contributed by atoms with Crippen LogP contribution in [0.15, 0.2) is 63.8 Å². The Morgan fingerprint density at radius 3 is 2.45 bits per heavy atom. The van der Waals surface area contributed by atoms with Crippen molar-refractivity contribution in [1.82, 2.24) is 14.9 Å². The van der Waals surface area contributed by atoms with Gasteiger partial charge >= 0.3 is 0 Å². The standard InChI is InChI=1S/C22H24N6S/c1-5-27(6-2)17-12-13-18(15(3)14-17)23-20-19(16-10-8-7-9-11-16)26-28-21(20)24-25-22(28)29-4/h7-14H,5-6H2,1-4H3. The van der Waals surface area contributed by atoms with Gasteiger partial charge in [-0.15, -0.1) is 10.2 Å². The van der Waals surface area contributed by atoms with Crippen molar-refractivity contribution in [3.63, 3.8) is 0 Å². The molecule has 4 rings (SSSR count). The third kappa shape index (κ3) is 3.58. The summed E-state index contributed by atoms with van der Waals surface area (Å²) in [6, 6.07) is 16.5. The Morgan fingerprint density at radius 2 is 1.79 bits per heavy atom. The number of aliphatic imine (C=N–C) groups is 1. The van der Waals surface area contributed by atoms with Gasteiger partial charge in [0, 0.05) is 24.3 Å². The molecule has 7 heteroatoms. The first kappa shape index (κ1) is 19.4. The van der Waals surface area contributed by atoms with E-state index in [0.717, 1.165) is 46.5 Å². The number of thioether (sulfide) groups is 1. The number of nitrogens with zero attached hydrogens (tertiary/aromatic N) is 6. The molecule has 0 amide bonds. The van der Waals surface area contributed by atoms with E-state index in [1.807, 2.05) is 36.6 Å². The highest BCUT2D eigenvalue weighted by atomic mass is 32.2. The fourth-order valence-corrected chi connectivity index (χ4v) is 3.87. The van der Waals surface area contributed by atoms with Crippen molar-refractivity contribution in [1.29, 1.82) is 0 Å². The van der Waals surface area contributed by atoms with Gasteiger partial charge in [0.1, 0.15) is 11.4 Å². The second kappa shape index (κ2) is 8.21. The first-order chi connectivity index (χ1) is 14.2. The Labute approximate surface area is 175 Å². The van der Waals surface area contributed by atoms with Crippen molar-refractivity contribution >= 4 is 34.6 Å². The molecule has 0 fully saturated rings. The lowest BCUT2D eigenvalue weighted by Crippen LogP contribution is -2.21. The molecule has 29 heavy (non-hydrogen) atoms. The highest BCUT2D eigenvalue weighted by Crippen LogP contribution is 2.28. The third-order valence-corrected chi connectivity index (χ3v) is 5.64. The zero-order valence-electron chi connectivity index (χ0n) is 17.1. The van der Waals surface area contributed by atoms with E-state index in [0.29, 0.717) is 5.82 Å². The second-order valence-electron chi connectivity index (χ2n) is 6.74. The summed E-state index contributed by atoms with van der Waals surface area (Å²) in [4.78, 5) is 7.32. The summed E-state index contributed by atoms with van der Waals surface area (Å²) in [5.74, 6) is 0.681. The van der Waals surface area contributed by atoms with Crippen molar-refractivity contribution in [2.24, 2.45) is 10.1 Å². The predicted octanol–water partition coefficient (Wildman–Crippen LogP) is 4.54. The molecule has 0 aliphatic carbocycles. The number of aryl methyl sites for hydroxylation is 1. The van der Waals surface area contributed by atoms with Gasteiger partial charge in [-0.3, -0.25) is 0 Å². The van der Waals surface area contributed by atoms with Gasteiger partial charge in [-0.25, -0.2) is 4.99 Å². The van der Waals surface area contributed by atoms with Crippen LogP contribution in [0.3, 0.4) is 0 Å².